The molecule has 3 heterocycles. The maximum absolute atomic E-state index is 14.1. The second-order valence-corrected chi connectivity index (χ2v) is 8.62. The van der Waals surface area contributed by atoms with E-state index in [9.17, 15) is 9.18 Å². The zero-order chi connectivity index (χ0) is 21.7. The first-order valence-corrected chi connectivity index (χ1v) is 11.0. The van der Waals surface area contributed by atoms with Crippen LogP contribution in [0.25, 0.3) is 22.0 Å². The molecule has 1 aliphatic heterocycles. The third-order valence-electron chi connectivity index (χ3n) is 5.68. The molecule has 6 rings (SSSR count). The Hall–Kier alpha value is -3.97. The predicted octanol–water partition coefficient (Wildman–Crippen LogP) is 6.33. The second-order valence-electron chi connectivity index (χ2n) is 7.64. The average Bonchev–Trinajstić information content (AvgIpc) is 3.48. The number of rotatable bonds is 3. The number of aromatic amines is 1. The highest BCUT2D eigenvalue weighted by Gasteiger charge is 2.28. The van der Waals surface area contributed by atoms with E-state index in [1.54, 1.807) is 17.2 Å². The summed E-state index contributed by atoms with van der Waals surface area (Å²) >= 11 is 1.47. The Labute approximate surface area is 187 Å². The fourth-order valence-electron chi connectivity index (χ4n) is 4.10. The second kappa shape index (κ2) is 7.32. The first-order valence-electron chi connectivity index (χ1n) is 10.1. The predicted molar refractivity (Wildman–Crippen MR) is 126 cm³/mol. The number of hydrogen-bond acceptors (Lipinski definition) is 4. The van der Waals surface area contributed by atoms with Gasteiger partial charge in [0.25, 0.3) is 5.91 Å². The van der Waals surface area contributed by atoms with Gasteiger partial charge in [-0.3, -0.25) is 9.69 Å². The van der Waals surface area contributed by atoms with Crippen molar-refractivity contribution < 1.29 is 9.18 Å². The number of amides is 1. The van der Waals surface area contributed by atoms with Gasteiger partial charge in [-0.2, -0.15) is 0 Å². The molecule has 0 spiro atoms. The molecule has 32 heavy (non-hydrogen) atoms. The van der Waals surface area contributed by atoms with E-state index in [0.29, 0.717) is 22.6 Å². The number of aromatic nitrogens is 2. The Morgan fingerprint density at radius 1 is 0.969 bits per heavy atom. The Morgan fingerprint density at radius 2 is 1.81 bits per heavy atom. The van der Waals surface area contributed by atoms with Crippen LogP contribution in [0.2, 0.25) is 0 Å². The van der Waals surface area contributed by atoms with Gasteiger partial charge in [-0.05, 0) is 65.0 Å². The van der Waals surface area contributed by atoms with Gasteiger partial charge in [0.05, 0.1) is 29.2 Å². The Balaban J connectivity index is 1.48. The van der Waals surface area contributed by atoms with E-state index in [1.807, 2.05) is 48.0 Å². The maximum atomic E-state index is 14.1. The highest BCUT2D eigenvalue weighted by molar-refractivity contribution is 7.09. The van der Waals surface area contributed by atoms with Gasteiger partial charge in [-0.15, -0.1) is 11.3 Å². The number of H-pyrrole nitrogens is 1. The van der Waals surface area contributed by atoms with Crippen LogP contribution in [0.15, 0.2) is 78.4 Å². The Bertz CT molecular complexity index is 1470. The van der Waals surface area contributed by atoms with Crippen molar-refractivity contribution in [2.24, 2.45) is 0 Å². The summed E-state index contributed by atoms with van der Waals surface area (Å²) in [6.45, 7) is 0.271. The minimum atomic E-state index is -0.395. The van der Waals surface area contributed by atoms with Crippen LogP contribution in [0, 0.1) is 5.82 Å². The van der Waals surface area contributed by atoms with Crippen LogP contribution in [0.3, 0.4) is 0 Å². The highest BCUT2D eigenvalue weighted by atomic mass is 32.1. The SMILES string of the molecule is O=C1c2cc(-c3ccc4[nH]ccc4c3)ccc2Nc2ccc(F)cc2N1Cc1nccs1. The average molecular weight is 441 g/mol. The van der Waals surface area contributed by atoms with Crippen LogP contribution in [-0.4, -0.2) is 15.9 Å². The molecule has 0 saturated heterocycles. The van der Waals surface area contributed by atoms with Gasteiger partial charge < -0.3 is 10.3 Å². The topological polar surface area (TPSA) is 61.0 Å². The molecule has 0 fully saturated rings. The summed E-state index contributed by atoms with van der Waals surface area (Å²) in [6, 6.07) is 18.4. The molecule has 0 aliphatic carbocycles. The molecule has 0 bridgehead atoms. The fraction of sp³-hybridized carbons (Fsp3) is 0.0400. The highest BCUT2D eigenvalue weighted by Crippen LogP contribution is 2.38. The van der Waals surface area contributed by atoms with Gasteiger partial charge in [0.15, 0.2) is 0 Å². The number of carbonyl (C=O) groups excluding carboxylic acids is 1. The lowest BCUT2D eigenvalue weighted by Crippen LogP contribution is -2.29. The Kier molecular flexibility index (Phi) is 4.29. The van der Waals surface area contributed by atoms with Crippen LogP contribution in [-0.2, 0) is 6.54 Å². The lowest BCUT2D eigenvalue weighted by molar-refractivity contribution is 0.0986. The zero-order valence-electron chi connectivity index (χ0n) is 16.8. The standard InChI is InChI=1S/C25H17FN4OS/c26-18-3-6-22-23(13-18)30(14-24-28-9-10-32-24)25(31)19-12-16(2-5-21(19)29-22)15-1-4-20-17(11-15)7-8-27-20/h1-13,27,29H,14H2. The summed E-state index contributed by atoms with van der Waals surface area (Å²) in [4.78, 5) is 22.8. The van der Waals surface area contributed by atoms with Gasteiger partial charge in [0.2, 0.25) is 0 Å². The molecule has 0 unspecified atom stereocenters. The molecule has 7 heteroatoms. The van der Waals surface area contributed by atoms with Crippen LogP contribution in [0.4, 0.5) is 21.5 Å². The molecular formula is C25H17FN4OS. The number of benzene rings is 3. The number of hydrogen-bond donors (Lipinski definition) is 2. The normalized spacial score (nSPS) is 12.9. The van der Waals surface area contributed by atoms with Crippen LogP contribution in [0.1, 0.15) is 15.4 Å². The first-order chi connectivity index (χ1) is 15.7. The molecule has 2 N–H and O–H groups in total. The van der Waals surface area contributed by atoms with E-state index in [4.69, 9.17) is 0 Å². The maximum Gasteiger partial charge on any atom is 0.260 e. The molecule has 1 amide bonds. The molecule has 5 nitrogen and oxygen atoms in total. The smallest absolute Gasteiger partial charge is 0.260 e. The summed E-state index contributed by atoms with van der Waals surface area (Å²) in [5.41, 5.74) is 5.42. The molecule has 2 aromatic heterocycles. The zero-order valence-corrected chi connectivity index (χ0v) is 17.6. The van der Waals surface area contributed by atoms with E-state index in [-0.39, 0.29) is 12.5 Å². The van der Waals surface area contributed by atoms with Crippen molar-refractivity contribution in [2.75, 3.05) is 10.2 Å². The molecule has 3 aromatic carbocycles. The van der Waals surface area contributed by atoms with E-state index in [0.717, 1.165) is 27.0 Å². The van der Waals surface area contributed by atoms with Gasteiger partial charge in [0, 0.05) is 23.3 Å². The number of thiazole rings is 1. The third-order valence-corrected chi connectivity index (χ3v) is 6.44. The van der Waals surface area contributed by atoms with Crippen molar-refractivity contribution in [2.45, 2.75) is 6.54 Å². The third kappa shape index (κ3) is 3.14. The molecule has 156 valence electrons. The van der Waals surface area contributed by atoms with Gasteiger partial charge in [-0.1, -0.05) is 12.1 Å². The summed E-state index contributed by atoms with van der Waals surface area (Å²) in [6.07, 6.45) is 3.61. The molecule has 0 radical (unpaired) electrons. The van der Waals surface area contributed by atoms with Gasteiger partial charge >= 0.3 is 0 Å². The molecule has 0 saturated carbocycles. The quantitative estimate of drug-likeness (QED) is 0.344. The van der Waals surface area contributed by atoms with Crippen molar-refractivity contribution in [3.63, 3.8) is 0 Å². The van der Waals surface area contributed by atoms with Gasteiger partial charge in [0.1, 0.15) is 10.8 Å². The Morgan fingerprint density at radius 3 is 2.69 bits per heavy atom. The number of fused-ring (bicyclic) bond motifs is 3. The van der Waals surface area contributed by atoms with Crippen LogP contribution >= 0.6 is 11.3 Å². The van der Waals surface area contributed by atoms with Crippen molar-refractivity contribution >= 4 is 45.2 Å². The lowest BCUT2D eigenvalue weighted by atomic mass is 10.00. The molecule has 0 atom stereocenters. The fourth-order valence-corrected chi connectivity index (χ4v) is 4.70. The van der Waals surface area contributed by atoms with E-state index in [2.05, 4.69) is 21.4 Å². The summed E-state index contributed by atoms with van der Waals surface area (Å²) in [5.74, 6) is -0.592. The van der Waals surface area contributed by atoms with Crippen molar-refractivity contribution in [1.29, 1.82) is 0 Å². The van der Waals surface area contributed by atoms with Crippen LogP contribution < -0.4 is 10.2 Å². The number of anilines is 3. The van der Waals surface area contributed by atoms with E-state index in [1.165, 1.54) is 23.5 Å². The summed E-state index contributed by atoms with van der Waals surface area (Å²) < 4.78 is 14.1. The lowest BCUT2D eigenvalue weighted by Gasteiger charge is -2.22. The minimum absolute atomic E-state index is 0.198. The summed E-state index contributed by atoms with van der Waals surface area (Å²) in [7, 11) is 0. The number of nitrogens with zero attached hydrogens (tertiary/aromatic N) is 2. The van der Waals surface area contributed by atoms with Crippen molar-refractivity contribution in [3.8, 4) is 11.1 Å². The minimum Gasteiger partial charge on any atom is -0.361 e. The number of carbonyl (C=O) groups is 1. The number of nitrogens with one attached hydrogen (secondary N) is 2. The largest absolute Gasteiger partial charge is 0.361 e. The van der Waals surface area contributed by atoms with Crippen molar-refractivity contribution in [3.05, 3.63) is 94.8 Å². The van der Waals surface area contributed by atoms with Gasteiger partial charge in [-0.25, -0.2) is 9.37 Å². The van der Waals surface area contributed by atoms with Crippen molar-refractivity contribution in [1.82, 2.24) is 9.97 Å². The van der Waals surface area contributed by atoms with E-state index < -0.39 is 5.82 Å². The molecule has 1 aliphatic rings. The number of halogens is 1. The first kappa shape index (κ1) is 18.8. The van der Waals surface area contributed by atoms with Crippen LogP contribution in [0.5, 0.6) is 0 Å². The molecular weight excluding hydrogens is 423 g/mol. The monoisotopic (exact) mass is 440 g/mol. The van der Waals surface area contributed by atoms with E-state index >= 15 is 0 Å². The molecule has 5 aromatic rings. The summed E-state index contributed by atoms with van der Waals surface area (Å²) in [5, 5.41) is 7.08.